The summed E-state index contributed by atoms with van der Waals surface area (Å²) in [5, 5.41) is 10.8. The molecule has 32 heavy (non-hydrogen) atoms. The molecule has 0 aliphatic heterocycles. The first-order valence-electron chi connectivity index (χ1n) is 9.88. The van der Waals surface area contributed by atoms with Gasteiger partial charge in [0.05, 0.1) is 33.1 Å². The molecule has 0 fully saturated rings. The lowest BCUT2D eigenvalue weighted by Crippen LogP contribution is -2.32. The number of ketones is 1. The van der Waals surface area contributed by atoms with Crippen LogP contribution in [0.4, 0.5) is 11.4 Å². The van der Waals surface area contributed by atoms with E-state index < -0.39 is 17.7 Å². The molecule has 0 heterocycles. The summed E-state index contributed by atoms with van der Waals surface area (Å²) in [6.45, 7) is 5.66. The quantitative estimate of drug-likeness (QED) is 0.377. The fraction of sp³-hybridized carbons (Fsp3) is 0.364. The number of nitrogens with zero attached hydrogens (tertiary/aromatic N) is 2. The van der Waals surface area contributed by atoms with E-state index in [2.05, 4.69) is 15.5 Å². The van der Waals surface area contributed by atoms with Crippen LogP contribution in [0.2, 0.25) is 5.02 Å². The van der Waals surface area contributed by atoms with Crippen molar-refractivity contribution in [2.24, 2.45) is 10.2 Å². The van der Waals surface area contributed by atoms with Crippen molar-refractivity contribution in [3.8, 4) is 23.0 Å². The van der Waals surface area contributed by atoms with Gasteiger partial charge < -0.3 is 24.3 Å². The average molecular weight is 464 g/mol. The Hall–Kier alpha value is -3.33. The lowest BCUT2D eigenvalue weighted by molar-refractivity contribution is -0.126. The lowest BCUT2D eigenvalue weighted by atomic mass is 10.2. The molecule has 0 radical (unpaired) electrons. The first-order chi connectivity index (χ1) is 15.4. The highest BCUT2D eigenvalue weighted by Gasteiger charge is 2.25. The lowest BCUT2D eigenvalue weighted by Gasteiger charge is -2.15. The normalized spacial score (nSPS) is 11.7. The van der Waals surface area contributed by atoms with E-state index in [0.717, 1.165) is 0 Å². The van der Waals surface area contributed by atoms with Crippen molar-refractivity contribution >= 4 is 34.7 Å². The Morgan fingerprint density at radius 1 is 1.06 bits per heavy atom. The van der Waals surface area contributed by atoms with Gasteiger partial charge in [-0.05, 0) is 32.9 Å². The summed E-state index contributed by atoms with van der Waals surface area (Å²) in [4.78, 5) is 25.0. The number of para-hydroxylation sites is 1. The molecule has 0 saturated heterocycles. The van der Waals surface area contributed by atoms with Gasteiger partial charge in [0.1, 0.15) is 22.2 Å². The molecule has 0 aromatic heterocycles. The van der Waals surface area contributed by atoms with E-state index in [4.69, 9.17) is 30.5 Å². The molecule has 0 spiro atoms. The number of azo groups is 1. The van der Waals surface area contributed by atoms with Crippen LogP contribution in [0, 0.1) is 0 Å². The predicted molar refractivity (Wildman–Crippen MR) is 121 cm³/mol. The highest BCUT2D eigenvalue weighted by molar-refractivity contribution is 6.35. The third-order valence-corrected chi connectivity index (χ3v) is 4.57. The van der Waals surface area contributed by atoms with E-state index in [0.29, 0.717) is 41.9 Å². The molecule has 1 atom stereocenters. The van der Waals surface area contributed by atoms with Gasteiger partial charge in [0.2, 0.25) is 6.04 Å². The van der Waals surface area contributed by atoms with Crippen molar-refractivity contribution in [2.75, 3.05) is 32.8 Å². The number of Topliss-reactive ketones (excluding diaryl/α,β-unsaturated/α-hetero) is 1. The van der Waals surface area contributed by atoms with Crippen molar-refractivity contribution in [1.82, 2.24) is 0 Å². The predicted octanol–water partition coefficient (Wildman–Crippen LogP) is 4.83. The van der Waals surface area contributed by atoms with Crippen molar-refractivity contribution in [2.45, 2.75) is 26.8 Å². The zero-order chi connectivity index (χ0) is 23.7. The van der Waals surface area contributed by atoms with E-state index >= 15 is 0 Å². The maximum Gasteiger partial charge on any atom is 0.258 e. The molecule has 2 aromatic carbocycles. The maximum absolute atomic E-state index is 12.9. The molecule has 2 aromatic rings. The molecule has 0 aliphatic rings. The molecule has 172 valence electrons. The number of ether oxygens (including phenoxy) is 4. The summed E-state index contributed by atoms with van der Waals surface area (Å²) < 4.78 is 21.5. The third kappa shape index (κ3) is 6.10. The Kier molecular flexibility index (Phi) is 9.27. The standard InChI is InChI=1S/C22H26ClN3O6/c1-6-31-14-11-16(19(23)18(12-14)32-7-2)24-22(28)20(13(3)27)26-25-15-9-8-10-17(29-4)21(15)30-5/h8-12,20H,6-7H2,1-5H3,(H,24,28). The summed E-state index contributed by atoms with van der Waals surface area (Å²) in [5.41, 5.74) is 0.535. The van der Waals surface area contributed by atoms with Crippen LogP contribution in [0.1, 0.15) is 20.8 Å². The van der Waals surface area contributed by atoms with E-state index in [1.165, 1.54) is 21.1 Å². The molecule has 0 saturated carbocycles. The Morgan fingerprint density at radius 3 is 2.38 bits per heavy atom. The Labute approximate surface area is 191 Å². The minimum absolute atomic E-state index is 0.178. The van der Waals surface area contributed by atoms with Crippen molar-refractivity contribution in [3.05, 3.63) is 35.4 Å². The Morgan fingerprint density at radius 2 is 1.78 bits per heavy atom. The van der Waals surface area contributed by atoms with Gasteiger partial charge in [-0.1, -0.05) is 17.7 Å². The first-order valence-corrected chi connectivity index (χ1v) is 10.3. The van der Waals surface area contributed by atoms with E-state index in [1.54, 1.807) is 37.3 Å². The topological polar surface area (TPSA) is 108 Å². The molecular weight excluding hydrogens is 438 g/mol. The summed E-state index contributed by atoms with van der Waals surface area (Å²) in [7, 11) is 2.94. The number of nitrogens with one attached hydrogen (secondary N) is 1. The van der Waals surface area contributed by atoms with Crippen LogP contribution >= 0.6 is 11.6 Å². The van der Waals surface area contributed by atoms with Gasteiger partial charge in [0.15, 0.2) is 17.3 Å². The molecule has 1 N–H and O–H groups in total. The second-order valence-corrected chi connectivity index (χ2v) is 6.76. The number of rotatable bonds is 11. The zero-order valence-corrected chi connectivity index (χ0v) is 19.4. The highest BCUT2D eigenvalue weighted by atomic mass is 35.5. The highest BCUT2D eigenvalue weighted by Crippen LogP contribution is 2.38. The number of amides is 1. The molecular formula is C22H26ClN3O6. The number of carbonyl (C=O) groups is 2. The van der Waals surface area contributed by atoms with E-state index in [1.807, 2.05) is 6.92 Å². The van der Waals surface area contributed by atoms with Crippen LogP contribution in [-0.2, 0) is 9.59 Å². The first kappa shape index (κ1) is 24.9. The number of halogens is 1. The van der Waals surface area contributed by atoms with Crippen molar-refractivity contribution in [3.63, 3.8) is 0 Å². The number of benzene rings is 2. The summed E-state index contributed by atoms with van der Waals surface area (Å²) in [6, 6.07) is 6.77. The molecule has 9 nitrogen and oxygen atoms in total. The SMILES string of the molecule is CCOc1cc(NC(=O)C(N=Nc2cccc(OC)c2OC)C(C)=O)c(Cl)c(OCC)c1. The fourth-order valence-corrected chi connectivity index (χ4v) is 2.97. The summed E-state index contributed by atoms with van der Waals surface area (Å²) >= 11 is 6.37. The smallest absolute Gasteiger partial charge is 0.258 e. The minimum atomic E-state index is -1.41. The summed E-state index contributed by atoms with van der Waals surface area (Å²) in [5.74, 6) is 0.359. The number of methoxy groups -OCH3 is 2. The van der Waals surface area contributed by atoms with Crippen LogP contribution in [0.15, 0.2) is 40.6 Å². The van der Waals surface area contributed by atoms with Gasteiger partial charge in [0.25, 0.3) is 5.91 Å². The number of anilines is 1. The van der Waals surface area contributed by atoms with Crippen LogP contribution in [0.5, 0.6) is 23.0 Å². The third-order valence-electron chi connectivity index (χ3n) is 4.18. The van der Waals surface area contributed by atoms with Gasteiger partial charge in [-0.25, -0.2) is 0 Å². The molecule has 0 aliphatic carbocycles. The van der Waals surface area contributed by atoms with Gasteiger partial charge >= 0.3 is 0 Å². The molecule has 0 bridgehead atoms. The van der Waals surface area contributed by atoms with Crippen LogP contribution in [0.3, 0.4) is 0 Å². The number of hydrogen-bond donors (Lipinski definition) is 1. The fourth-order valence-electron chi connectivity index (χ4n) is 2.76. The average Bonchev–Trinajstić information content (AvgIpc) is 2.76. The van der Waals surface area contributed by atoms with Crippen molar-refractivity contribution < 1.29 is 28.5 Å². The monoisotopic (exact) mass is 463 g/mol. The second-order valence-electron chi connectivity index (χ2n) is 6.38. The second kappa shape index (κ2) is 11.9. The van der Waals surface area contributed by atoms with Crippen molar-refractivity contribution in [1.29, 1.82) is 0 Å². The molecule has 1 unspecified atom stereocenters. The van der Waals surface area contributed by atoms with Gasteiger partial charge in [-0.15, -0.1) is 0 Å². The van der Waals surface area contributed by atoms with E-state index in [9.17, 15) is 9.59 Å². The molecule has 10 heteroatoms. The zero-order valence-electron chi connectivity index (χ0n) is 18.6. The Bertz CT molecular complexity index is 996. The van der Waals surface area contributed by atoms with Gasteiger partial charge in [-0.2, -0.15) is 10.2 Å². The Balaban J connectivity index is 2.34. The van der Waals surface area contributed by atoms with E-state index in [-0.39, 0.29) is 10.7 Å². The summed E-state index contributed by atoms with van der Waals surface area (Å²) in [6.07, 6.45) is 0. The largest absolute Gasteiger partial charge is 0.494 e. The molecule has 1 amide bonds. The van der Waals surface area contributed by atoms with Gasteiger partial charge in [0, 0.05) is 12.1 Å². The minimum Gasteiger partial charge on any atom is -0.494 e. The molecule has 2 rings (SSSR count). The van der Waals surface area contributed by atoms with Crippen LogP contribution in [0.25, 0.3) is 0 Å². The van der Waals surface area contributed by atoms with Crippen LogP contribution < -0.4 is 24.3 Å². The number of carbonyl (C=O) groups excluding carboxylic acids is 2. The van der Waals surface area contributed by atoms with Gasteiger partial charge in [-0.3, -0.25) is 9.59 Å². The maximum atomic E-state index is 12.9. The van der Waals surface area contributed by atoms with Crippen LogP contribution in [-0.4, -0.2) is 45.2 Å². The number of hydrogen-bond acceptors (Lipinski definition) is 8.